The lowest BCUT2D eigenvalue weighted by molar-refractivity contribution is 0.0699. The minimum atomic E-state index is -1.13. The molecule has 25 heavy (non-hydrogen) atoms. The SMILES string of the molecule is Cc1c(-c2cc(C(=O)O)c3cc(F)cc(C)c3n2)oc2ccccc12. The van der Waals surface area contributed by atoms with Crippen molar-refractivity contribution in [1.29, 1.82) is 0 Å². The number of rotatable bonds is 2. The number of furan rings is 1. The summed E-state index contributed by atoms with van der Waals surface area (Å²) < 4.78 is 19.6. The number of aryl methyl sites for hydroxylation is 2. The molecular formula is C20H14FNO3. The molecule has 0 aliphatic heterocycles. The lowest BCUT2D eigenvalue weighted by Crippen LogP contribution is -2.02. The summed E-state index contributed by atoms with van der Waals surface area (Å²) in [5.41, 5.74) is 3.06. The number of hydrogen-bond donors (Lipinski definition) is 1. The van der Waals surface area contributed by atoms with Gasteiger partial charge in [0.15, 0.2) is 5.76 Å². The number of carbonyl (C=O) groups is 1. The molecule has 4 aromatic rings. The fraction of sp³-hybridized carbons (Fsp3) is 0.100. The average Bonchev–Trinajstić information content (AvgIpc) is 2.91. The van der Waals surface area contributed by atoms with Crippen molar-refractivity contribution in [2.45, 2.75) is 13.8 Å². The Morgan fingerprint density at radius 1 is 1.12 bits per heavy atom. The normalized spacial score (nSPS) is 11.3. The quantitative estimate of drug-likeness (QED) is 0.553. The molecule has 1 N–H and O–H groups in total. The molecule has 0 fully saturated rings. The largest absolute Gasteiger partial charge is 0.478 e. The number of aromatic carboxylic acids is 1. The Hall–Kier alpha value is -3.21. The number of halogens is 1. The number of para-hydroxylation sites is 1. The van der Waals surface area contributed by atoms with Crippen molar-refractivity contribution >= 4 is 27.8 Å². The number of nitrogens with zero attached hydrogens (tertiary/aromatic N) is 1. The Kier molecular flexibility index (Phi) is 3.32. The molecule has 0 amide bonds. The standard InChI is InChI=1S/C20H14FNO3/c1-10-7-12(21)8-14-15(20(23)24)9-16(22-18(10)14)19-11(2)13-5-3-4-6-17(13)25-19/h3-9H,1-2H3,(H,23,24). The van der Waals surface area contributed by atoms with Gasteiger partial charge < -0.3 is 9.52 Å². The highest BCUT2D eigenvalue weighted by Gasteiger charge is 2.19. The van der Waals surface area contributed by atoms with Gasteiger partial charge in [-0.15, -0.1) is 0 Å². The summed E-state index contributed by atoms with van der Waals surface area (Å²) in [6.07, 6.45) is 0. The number of benzene rings is 2. The van der Waals surface area contributed by atoms with Gasteiger partial charge in [-0.25, -0.2) is 14.2 Å². The molecular weight excluding hydrogens is 321 g/mol. The molecule has 0 bridgehead atoms. The second-order valence-corrected chi connectivity index (χ2v) is 6.03. The van der Waals surface area contributed by atoms with E-state index in [1.54, 1.807) is 6.92 Å². The Morgan fingerprint density at radius 2 is 1.88 bits per heavy atom. The Balaban J connectivity index is 2.08. The first kappa shape index (κ1) is 15.3. The van der Waals surface area contributed by atoms with Gasteiger partial charge in [-0.1, -0.05) is 18.2 Å². The molecule has 0 radical (unpaired) electrons. The number of fused-ring (bicyclic) bond motifs is 2. The van der Waals surface area contributed by atoms with E-state index in [0.717, 1.165) is 10.9 Å². The van der Waals surface area contributed by atoms with E-state index in [1.165, 1.54) is 18.2 Å². The third-order valence-corrected chi connectivity index (χ3v) is 4.38. The molecule has 4 nitrogen and oxygen atoms in total. The van der Waals surface area contributed by atoms with Crippen LogP contribution < -0.4 is 0 Å². The summed E-state index contributed by atoms with van der Waals surface area (Å²) in [5, 5.41) is 10.8. The molecule has 2 aromatic heterocycles. The molecule has 0 unspecified atom stereocenters. The monoisotopic (exact) mass is 335 g/mol. The van der Waals surface area contributed by atoms with Gasteiger partial charge in [-0.3, -0.25) is 0 Å². The predicted molar refractivity (Wildman–Crippen MR) is 93.3 cm³/mol. The van der Waals surface area contributed by atoms with E-state index >= 15 is 0 Å². The van der Waals surface area contributed by atoms with Crippen molar-refractivity contribution < 1.29 is 18.7 Å². The summed E-state index contributed by atoms with van der Waals surface area (Å²) in [5.74, 6) is -1.09. The van der Waals surface area contributed by atoms with Crippen LogP contribution in [0.2, 0.25) is 0 Å². The van der Waals surface area contributed by atoms with Gasteiger partial charge >= 0.3 is 5.97 Å². The first-order valence-electron chi connectivity index (χ1n) is 7.78. The van der Waals surface area contributed by atoms with E-state index in [1.807, 2.05) is 31.2 Å². The number of hydrogen-bond acceptors (Lipinski definition) is 3. The van der Waals surface area contributed by atoms with Crippen LogP contribution in [0, 0.1) is 19.7 Å². The fourth-order valence-corrected chi connectivity index (χ4v) is 3.17. The molecule has 0 aliphatic carbocycles. The minimum Gasteiger partial charge on any atom is -0.478 e. The molecule has 0 saturated heterocycles. The molecule has 0 saturated carbocycles. The molecule has 0 atom stereocenters. The highest BCUT2D eigenvalue weighted by molar-refractivity contribution is 6.04. The van der Waals surface area contributed by atoms with Gasteiger partial charge in [0, 0.05) is 16.3 Å². The van der Waals surface area contributed by atoms with Crippen LogP contribution in [0.5, 0.6) is 0 Å². The Morgan fingerprint density at radius 3 is 2.60 bits per heavy atom. The summed E-state index contributed by atoms with van der Waals surface area (Å²) >= 11 is 0. The van der Waals surface area contributed by atoms with Gasteiger partial charge in [0.25, 0.3) is 0 Å². The van der Waals surface area contributed by atoms with Crippen LogP contribution in [0.3, 0.4) is 0 Å². The highest BCUT2D eigenvalue weighted by Crippen LogP contribution is 2.34. The zero-order valence-corrected chi connectivity index (χ0v) is 13.6. The summed E-state index contributed by atoms with van der Waals surface area (Å²) in [6.45, 7) is 3.62. The summed E-state index contributed by atoms with van der Waals surface area (Å²) in [4.78, 5) is 16.3. The lowest BCUT2D eigenvalue weighted by atomic mass is 10.0. The van der Waals surface area contributed by atoms with Crippen LogP contribution in [0.25, 0.3) is 33.3 Å². The maximum Gasteiger partial charge on any atom is 0.336 e. The van der Waals surface area contributed by atoms with E-state index in [0.29, 0.717) is 28.1 Å². The third kappa shape index (κ3) is 2.36. The van der Waals surface area contributed by atoms with Crippen molar-refractivity contribution in [2.75, 3.05) is 0 Å². The summed E-state index contributed by atoms with van der Waals surface area (Å²) in [7, 11) is 0. The fourth-order valence-electron chi connectivity index (χ4n) is 3.17. The van der Waals surface area contributed by atoms with Crippen molar-refractivity contribution in [1.82, 2.24) is 4.98 Å². The van der Waals surface area contributed by atoms with E-state index in [9.17, 15) is 14.3 Å². The molecule has 124 valence electrons. The van der Waals surface area contributed by atoms with Crippen LogP contribution in [-0.2, 0) is 0 Å². The van der Waals surface area contributed by atoms with Crippen LogP contribution in [0.1, 0.15) is 21.5 Å². The lowest BCUT2D eigenvalue weighted by Gasteiger charge is -2.08. The first-order valence-corrected chi connectivity index (χ1v) is 7.78. The van der Waals surface area contributed by atoms with Gasteiger partial charge in [0.2, 0.25) is 0 Å². The van der Waals surface area contributed by atoms with E-state index in [-0.39, 0.29) is 10.9 Å². The predicted octanol–water partition coefficient (Wildman–Crippen LogP) is 5.10. The Labute approximate surface area is 142 Å². The number of carboxylic acid groups (broad SMARTS) is 1. The van der Waals surface area contributed by atoms with Crippen LogP contribution >= 0.6 is 0 Å². The molecule has 4 rings (SSSR count). The smallest absolute Gasteiger partial charge is 0.336 e. The zero-order valence-electron chi connectivity index (χ0n) is 13.6. The van der Waals surface area contributed by atoms with E-state index in [2.05, 4.69) is 4.98 Å². The average molecular weight is 335 g/mol. The van der Waals surface area contributed by atoms with Gasteiger partial charge in [-0.2, -0.15) is 0 Å². The second kappa shape index (κ2) is 5.41. The molecule has 2 aromatic carbocycles. The number of pyridine rings is 1. The first-order chi connectivity index (χ1) is 12.0. The van der Waals surface area contributed by atoms with Crippen molar-refractivity contribution in [3.8, 4) is 11.5 Å². The summed E-state index contributed by atoms with van der Waals surface area (Å²) in [6, 6.07) is 11.6. The number of carboxylic acids is 1. The van der Waals surface area contributed by atoms with Crippen molar-refractivity contribution in [3.63, 3.8) is 0 Å². The molecule has 0 aliphatic rings. The van der Waals surface area contributed by atoms with E-state index in [4.69, 9.17) is 4.42 Å². The second-order valence-electron chi connectivity index (χ2n) is 6.03. The third-order valence-electron chi connectivity index (χ3n) is 4.38. The van der Waals surface area contributed by atoms with Gasteiger partial charge in [0.1, 0.15) is 17.1 Å². The Bertz CT molecular complexity index is 1160. The molecule has 2 heterocycles. The van der Waals surface area contributed by atoms with Gasteiger partial charge in [0.05, 0.1) is 11.1 Å². The van der Waals surface area contributed by atoms with Crippen LogP contribution in [0.15, 0.2) is 46.9 Å². The molecule has 0 spiro atoms. The zero-order chi connectivity index (χ0) is 17.7. The van der Waals surface area contributed by atoms with Gasteiger partial charge in [-0.05, 0) is 43.7 Å². The van der Waals surface area contributed by atoms with Crippen molar-refractivity contribution in [2.24, 2.45) is 0 Å². The minimum absolute atomic E-state index is 0.00227. The van der Waals surface area contributed by atoms with Crippen molar-refractivity contribution in [3.05, 3.63) is 65.0 Å². The maximum absolute atomic E-state index is 13.7. The van der Waals surface area contributed by atoms with E-state index < -0.39 is 11.8 Å². The van der Waals surface area contributed by atoms with Crippen LogP contribution in [-0.4, -0.2) is 16.1 Å². The number of aromatic nitrogens is 1. The maximum atomic E-state index is 13.7. The highest BCUT2D eigenvalue weighted by atomic mass is 19.1. The van der Waals surface area contributed by atoms with Crippen LogP contribution in [0.4, 0.5) is 4.39 Å². The molecule has 5 heteroatoms. The topological polar surface area (TPSA) is 63.3 Å².